The minimum atomic E-state index is -1.40. The van der Waals surface area contributed by atoms with Crippen molar-refractivity contribution in [3.05, 3.63) is 0 Å². The highest BCUT2D eigenvalue weighted by Crippen LogP contribution is 2.05. The van der Waals surface area contributed by atoms with Gasteiger partial charge in [0.25, 0.3) is 0 Å². The van der Waals surface area contributed by atoms with Gasteiger partial charge in [-0.3, -0.25) is 4.79 Å². The van der Waals surface area contributed by atoms with Crippen LogP contribution in [0.2, 0.25) is 0 Å². The topological polar surface area (TPSA) is 143 Å². The molecule has 0 radical (unpaired) electrons. The molecule has 4 unspecified atom stereocenters. The minimum absolute atomic E-state index is 0.696. The molecule has 0 aromatic rings. The van der Waals surface area contributed by atoms with Crippen molar-refractivity contribution >= 4 is 29.8 Å². The molecule has 0 aromatic carbocycles. The molecular weight excluding hydrogens is 328 g/mol. The Morgan fingerprint density at radius 3 is 1.21 bits per heavy atom. The molecule has 0 aliphatic carbocycles. The van der Waals surface area contributed by atoms with Crippen molar-refractivity contribution in [2.24, 2.45) is 0 Å². The standard InChI is InChI=1S/C14H20O10/c1-6(11(16)17)22-13(19)8(3)24-14(20)9(4)23-12(18)7(2)21-10(5)15/h6-9H,1-5H3,(H,16,17). The molecule has 0 saturated carbocycles. The number of carbonyl (C=O) groups is 5. The number of aliphatic carboxylic acids is 1. The number of carbonyl (C=O) groups excluding carboxylic acids is 4. The third-order valence-corrected chi connectivity index (χ3v) is 2.57. The molecule has 0 amide bonds. The van der Waals surface area contributed by atoms with Crippen LogP contribution in [0, 0.1) is 0 Å². The third kappa shape index (κ3) is 7.56. The van der Waals surface area contributed by atoms with Gasteiger partial charge in [-0.2, -0.15) is 0 Å². The van der Waals surface area contributed by atoms with Gasteiger partial charge in [0.15, 0.2) is 24.4 Å². The Morgan fingerprint density at radius 1 is 0.625 bits per heavy atom. The maximum Gasteiger partial charge on any atom is 0.347 e. The van der Waals surface area contributed by atoms with Gasteiger partial charge in [0.2, 0.25) is 0 Å². The van der Waals surface area contributed by atoms with Crippen molar-refractivity contribution in [3.63, 3.8) is 0 Å². The molecular formula is C14H20O10. The van der Waals surface area contributed by atoms with Crippen LogP contribution in [0.15, 0.2) is 0 Å². The molecule has 0 aliphatic rings. The summed E-state index contributed by atoms with van der Waals surface area (Å²) in [6.07, 6.45) is -5.39. The lowest BCUT2D eigenvalue weighted by molar-refractivity contribution is -0.184. The van der Waals surface area contributed by atoms with Gasteiger partial charge in [-0.1, -0.05) is 0 Å². The van der Waals surface area contributed by atoms with Crippen LogP contribution in [0.25, 0.3) is 0 Å². The molecule has 24 heavy (non-hydrogen) atoms. The Kier molecular flexibility index (Phi) is 8.43. The lowest BCUT2D eigenvalue weighted by Gasteiger charge is -2.18. The van der Waals surface area contributed by atoms with E-state index >= 15 is 0 Å². The third-order valence-electron chi connectivity index (χ3n) is 2.57. The largest absolute Gasteiger partial charge is 0.479 e. The van der Waals surface area contributed by atoms with Crippen LogP contribution in [0.4, 0.5) is 0 Å². The highest BCUT2D eigenvalue weighted by Gasteiger charge is 2.29. The summed E-state index contributed by atoms with van der Waals surface area (Å²) >= 11 is 0. The molecule has 136 valence electrons. The summed E-state index contributed by atoms with van der Waals surface area (Å²) in [4.78, 5) is 56.1. The molecule has 4 atom stereocenters. The van der Waals surface area contributed by atoms with E-state index in [0.29, 0.717) is 0 Å². The first-order valence-electron chi connectivity index (χ1n) is 6.97. The van der Waals surface area contributed by atoms with Crippen LogP contribution in [-0.4, -0.2) is 59.4 Å². The average Bonchev–Trinajstić information content (AvgIpc) is 2.45. The van der Waals surface area contributed by atoms with Crippen LogP contribution in [0.1, 0.15) is 34.6 Å². The summed E-state index contributed by atoms with van der Waals surface area (Å²) < 4.78 is 18.6. The van der Waals surface area contributed by atoms with Gasteiger partial charge in [0, 0.05) is 6.92 Å². The van der Waals surface area contributed by atoms with Crippen molar-refractivity contribution < 1.29 is 48.0 Å². The maximum atomic E-state index is 11.7. The van der Waals surface area contributed by atoms with E-state index in [1.54, 1.807) is 0 Å². The molecule has 0 aliphatic heterocycles. The number of esters is 4. The Balaban J connectivity index is 4.48. The molecule has 0 fully saturated rings. The van der Waals surface area contributed by atoms with Crippen molar-refractivity contribution in [1.29, 1.82) is 0 Å². The molecule has 1 N–H and O–H groups in total. The van der Waals surface area contributed by atoms with E-state index in [4.69, 9.17) is 14.6 Å². The number of hydrogen-bond acceptors (Lipinski definition) is 9. The first kappa shape index (κ1) is 21.4. The fourth-order valence-electron chi connectivity index (χ4n) is 1.25. The zero-order chi connectivity index (χ0) is 19.0. The molecule has 0 saturated heterocycles. The van der Waals surface area contributed by atoms with Crippen molar-refractivity contribution in [1.82, 2.24) is 0 Å². The maximum absolute atomic E-state index is 11.7. The van der Waals surface area contributed by atoms with Gasteiger partial charge >= 0.3 is 29.8 Å². The second kappa shape index (κ2) is 9.48. The summed E-state index contributed by atoms with van der Waals surface area (Å²) in [5.74, 6) is -5.14. The second-order valence-corrected chi connectivity index (χ2v) is 4.83. The normalized spacial score (nSPS) is 15.2. The highest BCUT2D eigenvalue weighted by molar-refractivity contribution is 5.85. The van der Waals surface area contributed by atoms with Crippen LogP contribution in [0.5, 0.6) is 0 Å². The SMILES string of the molecule is CC(=O)OC(C)C(=O)OC(C)C(=O)OC(C)C(=O)OC(C)C(=O)O. The Morgan fingerprint density at radius 2 is 0.917 bits per heavy atom. The summed E-state index contributed by atoms with van der Waals surface area (Å²) in [7, 11) is 0. The molecule has 0 aromatic heterocycles. The van der Waals surface area contributed by atoms with Crippen molar-refractivity contribution in [3.8, 4) is 0 Å². The van der Waals surface area contributed by atoms with E-state index in [9.17, 15) is 24.0 Å². The number of carboxylic acids is 1. The van der Waals surface area contributed by atoms with Crippen molar-refractivity contribution in [2.45, 2.75) is 59.0 Å². The quantitative estimate of drug-likeness (QED) is 0.463. The van der Waals surface area contributed by atoms with E-state index in [0.717, 1.165) is 13.8 Å². The number of rotatable bonds is 8. The van der Waals surface area contributed by atoms with E-state index in [-0.39, 0.29) is 0 Å². The number of carboxylic acid groups (broad SMARTS) is 1. The number of ether oxygens (including phenoxy) is 4. The van der Waals surface area contributed by atoms with E-state index in [2.05, 4.69) is 9.47 Å². The number of hydrogen-bond donors (Lipinski definition) is 1. The Bertz CT molecular complexity index is 512. The molecule has 0 rings (SSSR count). The van der Waals surface area contributed by atoms with Crippen molar-refractivity contribution in [2.75, 3.05) is 0 Å². The van der Waals surface area contributed by atoms with E-state index in [1.165, 1.54) is 20.8 Å². The Hall–Kier alpha value is -2.65. The summed E-state index contributed by atoms with van der Waals surface area (Å²) in [5.41, 5.74) is 0. The van der Waals surface area contributed by atoms with Gasteiger partial charge in [-0.15, -0.1) is 0 Å². The Labute approximate surface area is 138 Å². The first-order chi connectivity index (χ1) is 11.0. The van der Waals surface area contributed by atoms with Gasteiger partial charge in [-0.05, 0) is 27.7 Å². The fraction of sp³-hybridized carbons (Fsp3) is 0.643. The van der Waals surface area contributed by atoms with Gasteiger partial charge in [0.1, 0.15) is 0 Å². The zero-order valence-electron chi connectivity index (χ0n) is 13.9. The summed E-state index contributed by atoms with van der Waals surface area (Å²) in [5, 5.41) is 8.62. The zero-order valence-corrected chi connectivity index (χ0v) is 13.9. The highest BCUT2D eigenvalue weighted by atomic mass is 16.6. The monoisotopic (exact) mass is 348 g/mol. The predicted molar refractivity (Wildman–Crippen MR) is 75.5 cm³/mol. The molecule has 0 spiro atoms. The van der Waals surface area contributed by atoms with Crippen LogP contribution < -0.4 is 0 Å². The molecule has 10 nitrogen and oxygen atoms in total. The van der Waals surface area contributed by atoms with E-state index < -0.39 is 54.3 Å². The fourth-order valence-corrected chi connectivity index (χ4v) is 1.25. The summed E-state index contributed by atoms with van der Waals surface area (Å²) in [6.45, 7) is 5.86. The molecule has 0 bridgehead atoms. The van der Waals surface area contributed by atoms with Crippen LogP contribution in [-0.2, 0) is 42.9 Å². The van der Waals surface area contributed by atoms with Gasteiger partial charge in [0.05, 0.1) is 0 Å². The lowest BCUT2D eigenvalue weighted by Crippen LogP contribution is -2.37. The lowest BCUT2D eigenvalue weighted by atomic mass is 10.3. The van der Waals surface area contributed by atoms with Gasteiger partial charge in [-0.25, -0.2) is 19.2 Å². The predicted octanol–water partition coefficient (Wildman–Crippen LogP) is -0.182. The smallest absolute Gasteiger partial charge is 0.347 e. The minimum Gasteiger partial charge on any atom is -0.479 e. The average molecular weight is 348 g/mol. The van der Waals surface area contributed by atoms with E-state index in [1.807, 2.05) is 0 Å². The molecule has 0 heterocycles. The van der Waals surface area contributed by atoms with Crippen LogP contribution >= 0.6 is 0 Å². The first-order valence-corrected chi connectivity index (χ1v) is 6.97. The molecule has 10 heteroatoms. The van der Waals surface area contributed by atoms with Gasteiger partial charge < -0.3 is 24.1 Å². The summed E-state index contributed by atoms with van der Waals surface area (Å²) in [6, 6.07) is 0. The second-order valence-electron chi connectivity index (χ2n) is 4.83. The van der Waals surface area contributed by atoms with Crippen LogP contribution in [0.3, 0.4) is 0 Å².